The minimum atomic E-state index is -1.85. The van der Waals surface area contributed by atoms with E-state index in [4.69, 9.17) is 18.3 Å². The third-order valence-electron chi connectivity index (χ3n) is 6.58. The van der Waals surface area contributed by atoms with Crippen molar-refractivity contribution < 1.29 is 37.5 Å². The van der Waals surface area contributed by atoms with Crippen molar-refractivity contribution in [1.29, 1.82) is 0 Å². The number of hydrogen-bond acceptors (Lipinski definition) is 8. The van der Waals surface area contributed by atoms with Crippen LogP contribution in [0.1, 0.15) is 53.9 Å². The molecule has 2 rings (SSSR count). The minimum absolute atomic E-state index is 0.0388. The van der Waals surface area contributed by atoms with E-state index < -0.39 is 57.9 Å². The lowest BCUT2D eigenvalue weighted by Gasteiger charge is -2.42. The van der Waals surface area contributed by atoms with Crippen LogP contribution in [0.15, 0.2) is 0 Å². The van der Waals surface area contributed by atoms with Gasteiger partial charge in [0.15, 0.2) is 16.6 Å². The summed E-state index contributed by atoms with van der Waals surface area (Å²) in [6.45, 7) is 17.9. The Kier molecular flexibility index (Phi) is 9.55. The number of cyclic esters (lactones) is 2. The fraction of sp³-hybridized carbons (Fsp3) is 0.840. The fourth-order valence-electron chi connectivity index (χ4n) is 5.27. The van der Waals surface area contributed by atoms with E-state index in [-0.39, 0.29) is 30.8 Å². The smallest absolute Gasteiger partial charge is 0.317 e. The molecule has 200 valence electrons. The summed E-state index contributed by atoms with van der Waals surface area (Å²) in [6.07, 6.45) is 1.23. The molecule has 0 amide bonds. The van der Waals surface area contributed by atoms with Gasteiger partial charge in [-0.25, -0.2) is 0 Å². The monoisotopic (exact) mass is 528 g/mol. The lowest BCUT2D eigenvalue weighted by atomic mass is 9.81. The normalized spacial score (nSPS) is 26.1. The van der Waals surface area contributed by atoms with Crippen LogP contribution in [0.3, 0.4) is 0 Å². The molecule has 0 aromatic carbocycles. The third kappa shape index (κ3) is 9.13. The molecule has 2 heterocycles. The van der Waals surface area contributed by atoms with Gasteiger partial charge in [-0.1, -0.05) is 13.8 Å². The maximum atomic E-state index is 12.7. The summed E-state index contributed by atoms with van der Waals surface area (Å²) in [7, 11) is -3.70. The number of ether oxygens (including phenoxy) is 3. The topological polar surface area (TPSA) is 105 Å². The maximum Gasteiger partial charge on any atom is 0.317 e. The predicted molar refractivity (Wildman–Crippen MR) is 136 cm³/mol. The van der Waals surface area contributed by atoms with Crippen molar-refractivity contribution in [2.24, 2.45) is 29.6 Å². The molecule has 0 aliphatic carbocycles. The molecule has 2 aliphatic rings. The van der Waals surface area contributed by atoms with Gasteiger partial charge in [0.05, 0.1) is 30.3 Å². The number of rotatable bonds is 9. The molecule has 0 bridgehead atoms. The first-order chi connectivity index (χ1) is 15.9. The average molecular weight is 529 g/mol. The SMILES string of the molecule is CC(CCOC(=O)C1C[Si](C)(C)O[Si](C)(C)C1)CC1C(=O)OC(=O)C1CC(C)C(=O)OC(C)(C)C. The lowest BCUT2D eigenvalue weighted by Crippen LogP contribution is -2.52. The second-order valence-corrected chi connectivity index (χ2v) is 21.3. The minimum Gasteiger partial charge on any atom is -0.465 e. The van der Waals surface area contributed by atoms with Crippen LogP contribution in [0.25, 0.3) is 0 Å². The highest BCUT2D eigenvalue weighted by Gasteiger charge is 2.47. The lowest BCUT2D eigenvalue weighted by molar-refractivity contribution is -0.160. The molecule has 2 saturated heterocycles. The molecule has 2 fully saturated rings. The fourth-order valence-corrected chi connectivity index (χ4v) is 15.2. The molecule has 0 spiro atoms. The van der Waals surface area contributed by atoms with Crippen molar-refractivity contribution in [3.63, 3.8) is 0 Å². The highest BCUT2D eigenvalue weighted by Crippen LogP contribution is 2.37. The number of carbonyl (C=O) groups is 4. The van der Waals surface area contributed by atoms with Crippen LogP contribution >= 0.6 is 0 Å². The summed E-state index contributed by atoms with van der Waals surface area (Å²) in [4.78, 5) is 49.8. The van der Waals surface area contributed by atoms with Crippen molar-refractivity contribution in [3.8, 4) is 0 Å². The van der Waals surface area contributed by atoms with Gasteiger partial charge in [0.2, 0.25) is 0 Å². The van der Waals surface area contributed by atoms with Gasteiger partial charge in [0.25, 0.3) is 0 Å². The molecule has 0 radical (unpaired) electrons. The Balaban J connectivity index is 1.87. The zero-order chi connectivity index (χ0) is 26.8. The Labute approximate surface area is 212 Å². The van der Waals surface area contributed by atoms with Crippen molar-refractivity contribution in [3.05, 3.63) is 0 Å². The van der Waals surface area contributed by atoms with Crippen LogP contribution in [0.4, 0.5) is 0 Å². The molecular formula is C25H44O8Si2. The first-order valence-corrected chi connectivity index (χ1v) is 19.0. The highest BCUT2D eigenvalue weighted by molar-refractivity contribution is 6.86. The van der Waals surface area contributed by atoms with E-state index in [2.05, 4.69) is 26.2 Å². The Hall–Kier alpha value is -1.53. The molecule has 4 atom stereocenters. The summed E-state index contributed by atoms with van der Waals surface area (Å²) in [5, 5.41) is 0. The predicted octanol–water partition coefficient (Wildman–Crippen LogP) is 4.69. The molecule has 2 aliphatic heterocycles. The first-order valence-electron chi connectivity index (χ1n) is 12.7. The van der Waals surface area contributed by atoms with Gasteiger partial charge in [0, 0.05) is 0 Å². The summed E-state index contributed by atoms with van der Waals surface area (Å²) in [6, 6.07) is 1.57. The summed E-state index contributed by atoms with van der Waals surface area (Å²) in [5.41, 5.74) is -0.622. The summed E-state index contributed by atoms with van der Waals surface area (Å²) >= 11 is 0. The van der Waals surface area contributed by atoms with Crippen LogP contribution in [-0.2, 0) is 37.5 Å². The zero-order valence-electron chi connectivity index (χ0n) is 22.9. The number of hydrogen-bond donors (Lipinski definition) is 0. The number of esters is 4. The Morgan fingerprint density at radius 3 is 2.00 bits per heavy atom. The van der Waals surface area contributed by atoms with Crippen molar-refractivity contribution in [2.45, 2.75) is 97.8 Å². The van der Waals surface area contributed by atoms with E-state index in [1.165, 1.54) is 0 Å². The molecule has 35 heavy (non-hydrogen) atoms. The molecule has 0 aromatic rings. The summed E-state index contributed by atoms with van der Waals surface area (Å²) < 4.78 is 22.3. The van der Waals surface area contributed by atoms with Crippen LogP contribution in [0, 0.1) is 29.6 Å². The third-order valence-corrected chi connectivity index (χ3v) is 14.0. The highest BCUT2D eigenvalue weighted by atomic mass is 28.4. The Bertz CT molecular complexity index is 801. The van der Waals surface area contributed by atoms with Crippen molar-refractivity contribution in [1.82, 2.24) is 0 Å². The van der Waals surface area contributed by atoms with Crippen molar-refractivity contribution >= 4 is 40.5 Å². The Morgan fingerprint density at radius 2 is 1.49 bits per heavy atom. The van der Waals surface area contributed by atoms with E-state index in [1.807, 2.05) is 6.92 Å². The Morgan fingerprint density at radius 1 is 0.971 bits per heavy atom. The van der Waals surface area contributed by atoms with Gasteiger partial charge in [0.1, 0.15) is 5.60 Å². The van der Waals surface area contributed by atoms with Crippen LogP contribution in [0.5, 0.6) is 0 Å². The second-order valence-electron chi connectivity index (χ2n) is 12.6. The van der Waals surface area contributed by atoms with Gasteiger partial charge in [-0.15, -0.1) is 0 Å². The van der Waals surface area contributed by atoms with Crippen LogP contribution in [0.2, 0.25) is 38.3 Å². The number of carbonyl (C=O) groups excluding carboxylic acids is 4. The van der Waals surface area contributed by atoms with E-state index in [1.54, 1.807) is 27.7 Å². The van der Waals surface area contributed by atoms with Crippen molar-refractivity contribution in [2.75, 3.05) is 6.61 Å². The molecular weight excluding hydrogens is 484 g/mol. The zero-order valence-corrected chi connectivity index (χ0v) is 24.9. The van der Waals surface area contributed by atoms with Gasteiger partial charge in [-0.3, -0.25) is 19.2 Å². The molecule has 0 N–H and O–H groups in total. The molecule has 0 aromatic heterocycles. The van der Waals surface area contributed by atoms with E-state index in [9.17, 15) is 19.2 Å². The van der Waals surface area contributed by atoms with Gasteiger partial charge in [-0.05, 0) is 84.2 Å². The first kappa shape index (κ1) is 29.7. The second kappa shape index (κ2) is 11.2. The van der Waals surface area contributed by atoms with Gasteiger partial charge < -0.3 is 18.3 Å². The van der Waals surface area contributed by atoms with E-state index in [0.717, 1.165) is 12.1 Å². The van der Waals surface area contributed by atoms with E-state index in [0.29, 0.717) is 12.8 Å². The van der Waals surface area contributed by atoms with Gasteiger partial charge in [-0.2, -0.15) is 0 Å². The molecule has 8 nitrogen and oxygen atoms in total. The van der Waals surface area contributed by atoms with Crippen LogP contribution in [-0.4, -0.2) is 52.7 Å². The van der Waals surface area contributed by atoms with Gasteiger partial charge >= 0.3 is 23.9 Å². The largest absolute Gasteiger partial charge is 0.465 e. The summed E-state index contributed by atoms with van der Waals surface area (Å²) in [5.74, 6) is -3.52. The molecule has 4 unspecified atom stereocenters. The van der Waals surface area contributed by atoms with Crippen LogP contribution < -0.4 is 0 Å². The standard InChI is InChI=1S/C25H44O8Si2/c1-16(10-11-30-22(27)18-14-34(6,7)33-35(8,9)15-18)12-19-20(24(29)31-23(19)28)13-17(2)21(26)32-25(3,4)5/h16-20H,10-15H2,1-9H3. The quantitative estimate of drug-likeness (QED) is 0.184. The molecule has 10 heteroatoms. The maximum absolute atomic E-state index is 12.7. The van der Waals surface area contributed by atoms with E-state index >= 15 is 0 Å². The molecule has 0 saturated carbocycles. The average Bonchev–Trinajstić information content (AvgIpc) is 2.91.